The van der Waals surface area contributed by atoms with E-state index in [1.807, 2.05) is 18.2 Å². The van der Waals surface area contributed by atoms with Gasteiger partial charge in [0, 0.05) is 19.2 Å². The molecular weight excluding hydrogens is 340 g/mol. The molecule has 0 unspecified atom stereocenters. The highest BCUT2D eigenvalue weighted by molar-refractivity contribution is 5.77. The molecule has 27 heavy (non-hydrogen) atoms. The van der Waals surface area contributed by atoms with E-state index in [4.69, 9.17) is 9.47 Å². The molecule has 0 aliphatic carbocycles. The van der Waals surface area contributed by atoms with Gasteiger partial charge < -0.3 is 14.8 Å². The number of carbonyl (C=O) groups is 1. The molecule has 0 aromatic heterocycles. The molecule has 144 valence electrons. The second-order valence-corrected chi connectivity index (χ2v) is 6.90. The van der Waals surface area contributed by atoms with Crippen LogP contribution < -0.4 is 14.8 Å². The van der Waals surface area contributed by atoms with Crippen molar-refractivity contribution >= 4 is 5.91 Å². The molecule has 0 saturated carbocycles. The van der Waals surface area contributed by atoms with Crippen molar-refractivity contribution in [2.45, 2.75) is 32.4 Å². The Kier molecular flexibility index (Phi) is 7.11. The van der Waals surface area contributed by atoms with E-state index >= 15 is 0 Å². The van der Waals surface area contributed by atoms with Gasteiger partial charge in [-0.25, -0.2) is 0 Å². The van der Waals surface area contributed by atoms with Crippen molar-refractivity contribution in [3.05, 3.63) is 59.7 Å². The molecule has 0 bridgehead atoms. The van der Waals surface area contributed by atoms with E-state index in [2.05, 4.69) is 28.4 Å². The van der Waals surface area contributed by atoms with E-state index in [0.29, 0.717) is 18.0 Å². The van der Waals surface area contributed by atoms with E-state index in [9.17, 15) is 4.79 Å². The maximum absolute atomic E-state index is 12.1. The first-order chi connectivity index (χ1) is 13.2. The van der Waals surface area contributed by atoms with Gasteiger partial charge in [0.1, 0.15) is 11.5 Å². The number of rotatable bonds is 8. The van der Waals surface area contributed by atoms with Gasteiger partial charge >= 0.3 is 0 Å². The van der Waals surface area contributed by atoms with Gasteiger partial charge in [0.15, 0.2) is 6.61 Å². The quantitative estimate of drug-likeness (QED) is 0.776. The zero-order chi connectivity index (χ0) is 18.9. The maximum Gasteiger partial charge on any atom is 0.258 e. The molecule has 1 saturated heterocycles. The highest BCUT2D eigenvalue weighted by Gasteiger charge is 2.10. The number of piperidine rings is 1. The van der Waals surface area contributed by atoms with Gasteiger partial charge in [-0.3, -0.25) is 9.69 Å². The number of likely N-dealkylation sites (tertiary alicyclic amines) is 1. The lowest BCUT2D eigenvalue weighted by molar-refractivity contribution is -0.123. The van der Waals surface area contributed by atoms with E-state index < -0.39 is 0 Å². The highest BCUT2D eigenvalue weighted by atomic mass is 16.5. The van der Waals surface area contributed by atoms with Crippen LogP contribution in [0.5, 0.6) is 11.5 Å². The lowest BCUT2D eigenvalue weighted by Crippen LogP contribution is -2.29. The van der Waals surface area contributed by atoms with E-state index in [1.54, 1.807) is 19.2 Å². The molecule has 5 heteroatoms. The third-order valence-corrected chi connectivity index (χ3v) is 4.75. The fourth-order valence-electron chi connectivity index (χ4n) is 3.31. The number of amides is 1. The van der Waals surface area contributed by atoms with Crippen LogP contribution in [0.3, 0.4) is 0 Å². The standard InChI is InChI=1S/C22H28N2O3/c1-26-20-9-6-10-21(14-20)27-17-22(25)23-15-18-7-5-8-19(13-18)16-24-11-3-2-4-12-24/h5-10,13-14H,2-4,11-12,15-17H2,1H3,(H,23,25). The zero-order valence-corrected chi connectivity index (χ0v) is 15.9. The average molecular weight is 368 g/mol. The second-order valence-electron chi connectivity index (χ2n) is 6.90. The molecule has 1 aliphatic rings. The van der Waals surface area contributed by atoms with Gasteiger partial charge in [-0.15, -0.1) is 0 Å². The number of ether oxygens (including phenoxy) is 2. The molecule has 0 atom stereocenters. The molecule has 1 aliphatic heterocycles. The summed E-state index contributed by atoms with van der Waals surface area (Å²) >= 11 is 0. The first kappa shape index (κ1) is 19.2. The van der Waals surface area contributed by atoms with Crippen LogP contribution in [0.15, 0.2) is 48.5 Å². The Balaban J connectivity index is 1.44. The van der Waals surface area contributed by atoms with Crippen LogP contribution in [0.2, 0.25) is 0 Å². The molecule has 3 rings (SSSR count). The Morgan fingerprint density at radius 1 is 1.00 bits per heavy atom. The summed E-state index contributed by atoms with van der Waals surface area (Å²) < 4.78 is 10.7. The minimum absolute atomic E-state index is 0.0133. The molecule has 5 nitrogen and oxygen atoms in total. The SMILES string of the molecule is COc1cccc(OCC(=O)NCc2cccc(CN3CCCCC3)c2)c1. The van der Waals surface area contributed by atoms with Gasteiger partial charge in [-0.1, -0.05) is 36.8 Å². The number of hydrogen-bond donors (Lipinski definition) is 1. The minimum atomic E-state index is -0.140. The normalized spacial score (nSPS) is 14.6. The van der Waals surface area contributed by atoms with Crippen LogP contribution in [0.25, 0.3) is 0 Å². The number of methoxy groups -OCH3 is 1. The topological polar surface area (TPSA) is 50.8 Å². The first-order valence-corrected chi connectivity index (χ1v) is 9.56. The van der Waals surface area contributed by atoms with Crippen LogP contribution in [0.4, 0.5) is 0 Å². The predicted octanol–water partition coefficient (Wildman–Crippen LogP) is 3.38. The first-order valence-electron chi connectivity index (χ1n) is 9.56. The van der Waals surface area contributed by atoms with Crippen LogP contribution in [0, 0.1) is 0 Å². The highest BCUT2D eigenvalue weighted by Crippen LogP contribution is 2.18. The van der Waals surface area contributed by atoms with E-state index in [1.165, 1.54) is 37.9 Å². The van der Waals surface area contributed by atoms with Crippen molar-refractivity contribution in [2.75, 3.05) is 26.8 Å². The minimum Gasteiger partial charge on any atom is -0.497 e. The Labute approximate surface area is 161 Å². The number of nitrogens with zero attached hydrogens (tertiary/aromatic N) is 1. The molecule has 0 radical (unpaired) electrons. The molecule has 1 amide bonds. The summed E-state index contributed by atoms with van der Waals surface area (Å²) in [6.07, 6.45) is 3.94. The Morgan fingerprint density at radius 2 is 1.74 bits per heavy atom. The van der Waals surface area contributed by atoms with Crippen LogP contribution in [-0.2, 0) is 17.9 Å². The van der Waals surface area contributed by atoms with Gasteiger partial charge in [-0.2, -0.15) is 0 Å². The van der Waals surface area contributed by atoms with E-state index in [0.717, 1.165) is 12.1 Å². The third-order valence-electron chi connectivity index (χ3n) is 4.75. The molecule has 1 fully saturated rings. The summed E-state index contributed by atoms with van der Waals surface area (Å²) in [7, 11) is 1.60. The third kappa shape index (κ3) is 6.29. The number of carbonyl (C=O) groups excluding carboxylic acids is 1. The lowest BCUT2D eigenvalue weighted by atomic mass is 10.1. The summed E-state index contributed by atoms with van der Waals surface area (Å²) in [5, 5.41) is 2.92. The number of benzene rings is 2. The van der Waals surface area contributed by atoms with Crippen molar-refractivity contribution < 1.29 is 14.3 Å². The fourth-order valence-corrected chi connectivity index (χ4v) is 3.31. The smallest absolute Gasteiger partial charge is 0.258 e. The predicted molar refractivity (Wildman–Crippen MR) is 106 cm³/mol. The monoisotopic (exact) mass is 368 g/mol. The van der Waals surface area contributed by atoms with Crippen molar-refractivity contribution in [1.82, 2.24) is 10.2 Å². The van der Waals surface area contributed by atoms with Gasteiger partial charge in [-0.05, 0) is 49.2 Å². The van der Waals surface area contributed by atoms with Crippen LogP contribution in [0.1, 0.15) is 30.4 Å². The fraction of sp³-hybridized carbons (Fsp3) is 0.409. The molecule has 1 N–H and O–H groups in total. The molecule has 0 spiro atoms. The molecular formula is C22H28N2O3. The lowest BCUT2D eigenvalue weighted by Gasteiger charge is -2.26. The van der Waals surface area contributed by atoms with Crippen molar-refractivity contribution in [2.24, 2.45) is 0 Å². The summed E-state index contributed by atoms with van der Waals surface area (Å²) in [6.45, 7) is 3.85. The summed E-state index contributed by atoms with van der Waals surface area (Å²) in [5.74, 6) is 1.19. The number of nitrogens with one attached hydrogen (secondary N) is 1. The van der Waals surface area contributed by atoms with Crippen molar-refractivity contribution in [1.29, 1.82) is 0 Å². The summed E-state index contributed by atoms with van der Waals surface area (Å²) in [5.41, 5.74) is 2.41. The van der Waals surface area contributed by atoms with Crippen molar-refractivity contribution in [3.63, 3.8) is 0 Å². The van der Waals surface area contributed by atoms with Crippen LogP contribution in [-0.4, -0.2) is 37.6 Å². The Hall–Kier alpha value is -2.53. The van der Waals surface area contributed by atoms with Gasteiger partial charge in [0.25, 0.3) is 5.91 Å². The number of hydrogen-bond acceptors (Lipinski definition) is 4. The molecule has 2 aromatic carbocycles. The zero-order valence-electron chi connectivity index (χ0n) is 15.9. The summed E-state index contributed by atoms with van der Waals surface area (Å²) in [4.78, 5) is 14.6. The largest absolute Gasteiger partial charge is 0.497 e. The van der Waals surface area contributed by atoms with E-state index in [-0.39, 0.29) is 12.5 Å². The van der Waals surface area contributed by atoms with Gasteiger partial charge in [0.2, 0.25) is 0 Å². The Morgan fingerprint density at radius 3 is 2.56 bits per heavy atom. The average Bonchev–Trinajstić information content (AvgIpc) is 2.72. The molecule has 1 heterocycles. The second kappa shape index (κ2) is 9.97. The van der Waals surface area contributed by atoms with Crippen molar-refractivity contribution in [3.8, 4) is 11.5 Å². The maximum atomic E-state index is 12.1. The van der Waals surface area contributed by atoms with Crippen LogP contribution >= 0.6 is 0 Å². The Bertz CT molecular complexity index is 742. The summed E-state index contributed by atoms with van der Waals surface area (Å²) in [6, 6.07) is 15.7. The van der Waals surface area contributed by atoms with Gasteiger partial charge in [0.05, 0.1) is 7.11 Å². The molecule has 2 aromatic rings.